The van der Waals surface area contributed by atoms with Crippen LogP contribution >= 0.6 is 0 Å². The van der Waals surface area contributed by atoms with Crippen molar-refractivity contribution >= 4 is 33.2 Å². The van der Waals surface area contributed by atoms with Crippen molar-refractivity contribution in [3.8, 4) is 0 Å². The first-order valence-electron chi connectivity index (χ1n) is 10.9. The molecule has 148 valence electrons. The Kier molecular flexibility index (Phi) is 4.59. The summed E-state index contributed by atoms with van der Waals surface area (Å²) in [7, 11) is 0. The molecule has 6 rings (SSSR count). The van der Waals surface area contributed by atoms with Crippen molar-refractivity contribution in [1.82, 2.24) is 0 Å². The molecule has 2 aliphatic carbocycles. The molecule has 4 aromatic carbocycles. The van der Waals surface area contributed by atoms with Crippen LogP contribution in [0.25, 0.3) is 33.2 Å². The summed E-state index contributed by atoms with van der Waals surface area (Å²) in [4.78, 5) is 0. The molecule has 0 saturated heterocycles. The summed E-state index contributed by atoms with van der Waals surface area (Å²) in [6.45, 7) is 8.88. The number of hydrogen-bond acceptors (Lipinski definition) is 0. The molecule has 0 N–H and O–H groups in total. The van der Waals surface area contributed by atoms with Gasteiger partial charge in [0.1, 0.15) is 0 Å². The summed E-state index contributed by atoms with van der Waals surface area (Å²) < 4.78 is 0. The van der Waals surface area contributed by atoms with Gasteiger partial charge < -0.3 is 0 Å². The lowest BCUT2D eigenvalue weighted by atomic mass is 9.93. The minimum atomic E-state index is 1.12. The van der Waals surface area contributed by atoms with E-state index in [2.05, 4.69) is 101 Å². The van der Waals surface area contributed by atoms with E-state index in [0.29, 0.717) is 0 Å². The third-order valence-electron chi connectivity index (χ3n) is 6.90. The Morgan fingerprint density at radius 3 is 2.37 bits per heavy atom. The quantitative estimate of drug-likeness (QED) is 0.267. The molecule has 0 saturated carbocycles. The first-order chi connectivity index (χ1) is 14.5. The molecule has 0 aromatic heterocycles. The molecule has 0 amide bonds. The number of hydrogen-bond donors (Lipinski definition) is 0. The first-order valence-corrected chi connectivity index (χ1v) is 10.9. The summed E-state index contributed by atoms with van der Waals surface area (Å²) >= 11 is 0. The molecule has 4 aromatic rings. The Hall–Kier alpha value is -3.12. The molecule has 0 heteroatoms. The van der Waals surface area contributed by atoms with Crippen molar-refractivity contribution in [1.29, 1.82) is 0 Å². The second kappa shape index (κ2) is 7.29. The zero-order valence-corrected chi connectivity index (χ0v) is 18.3. The van der Waals surface area contributed by atoms with Gasteiger partial charge in [-0.1, -0.05) is 66.8 Å². The predicted octanol–water partition coefficient (Wildman–Crippen LogP) is 8.13. The van der Waals surface area contributed by atoms with E-state index >= 15 is 0 Å². The number of allylic oxidation sites excluding steroid dienone is 3. The fourth-order valence-corrected chi connectivity index (χ4v) is 5.09. The molecule has 30 heavy (non-hydrogen) atoms. The SMILES string of the molecule is CC1=CCc2c1cc1c(c2C)C=CC1.Cc1cccc2c(C)c3ccccc3cc12. The van der Waals surface area contributed by atoms with Gasteiger partial charge in [0.2, 0.25) is 0 Å². The third-order valence-corrected chi connectivity index (χ3v) is 6.90. The standard InChI is InChI=1S/C16H14.C14H14/c1-11-6-5-9-15-12(2)14-8-4-3-7-13(14)10-16(11)15;1-9-6-7-13-10(2)12-5-3-4-11(12)8-14(9)13/h3-10H,1-2H3;3,5-6,8H,4,7H2,1-2H3. The van der Waals surface area contributed by atoms with Gasteiger partial charge in [-0.25, -0.2) is 0 Å². The molecular formula is C30H28. The second-order valence-electron chi connectivity index (χ2n) is 8.69. The Bertz CT molecular complexity index is 1360. The number of benzene rings is 4. The zero-order valence-electron chi connectivity index (χ0n) is 18.3. The van der Waals surface area contributed by atoms with E-state index in [4.69, 9.17) is 0 Å². The van der Waals surface area contributed by atoms with Gasteiger partial charge in [0.05, 0.1) is 0 Å². The van der Waals surface area contributed by atoms with Gasteiger partial charge in [0.15, 0.2) is 0 Å². The van der Waals surface area contributed by atoms with Crippen LogP contribution in [0.2, 0.25) is 0 Å². The van der Waals surface area contributed by atoms with Gasteiger partial charge in [-0.3, -0.25) is 0 Å². The summed E-state index contributed by atoms with van der Waals surface area (Å²) in [6.07, 6.45) is 9.14. The van der Waals surface area contributed by atoms with Crippen LogP contribution in [0, 0.1) is 20.8 Å². The number of rotatable bonds is 0. The average molecular weight is 389 g/mol. The van der Waals surface area contributed by atoms with E-state index in [0.717, 1.165) is 12.8 Å². The molecule has 0 nitrogen and oxygen atoms in total. The summed E-state index contributed by atoms with van der Waals surface area (Å²) in [5.41, 5.74) is 11.7. The number of aryl methyl sites for hydroxylation is 2. The van der Waals surface area contributed by atoms with E-state index in [1.807, 2.05) is 0 Å². The van der Waals surface area contributed by atoms with Gasteiger partial charge in [-0.2, -0.15) is 0 Å². The van der Waals surface area contributed by atoms with Crippen LogP contribution in [0.1, 0.15) is 45.9 Å². The lowest BCUT2D eigenvalue weighted by Crippen LogP contribution is -1.95. The molecule has 0 heterocycles. The first kappa shape index (κ1) is 18.9. The smallest absolute Gasteiger partial charge is 0.00826 e. The number of fused-ring (bicyclic) bond motifs is 4. The summed E-state index contributed by atoms with van der Waals surface area (Å²) in [5.74, 6) is 0. The molecule has 0 bridgehead atoms. The second-order valence-corrected chi connectivity index (χ2v) is 8.69. The van der Waals surface area contributed by atoms with E-state index in [-0.39, 0.29) is 0 Å². The summed E-state index contributed by atoms with van der Waals surface area (Å²) in [5, 5.41) is 5.44. The molecule has 0 radical (unpaired) electrons. The molecule has 0 atom stereocenters. The van der Waals surface area contributed by atoms with Crippen LogP contribution in [0.5, 0.6) is 0 Å². The zero-order chi connectivity index (χ0) is 20.8. The van der Waals surface area contributed by atoms with Gasteiger partial charge >= 0.3 is 0 Å². The van der Waals surface area contributed by atoms with Crippen molar-refractivity contribution in [2.24, 2.45) is 0 Å². The molecule has 2 aliphatic rings. The minimum absolute atomic E-state index is 1.12. The van der Waals surface area contributed by atoms with Crippen molar-refractivity contribution in [3.05, 3.63) is 106 Å². The normalized spacial score (nSPS) is 13.8. The topological polar surface area (TPSA) is 0 Å². The molecule has 0 fully saturated rings. The van der Waals surface area contributed by atoms with Gasteiger partial charge in [-0.05, 0) is 113 Å². The van der Waals surface area contributed by atoms with Crippen LogP contribution in [0.15, 0.2) is 66.7 Å². The van der Waals surface area contributed by atoms with Crippen molar-refractivity contribution in [2.75, 3.05) is 0 Å². The minimum Gasteiger partial charge on any atom is -0.0795 e. The Morgan fingerprint density at radius 2 is 1.50 bits per heavy atom. The highest BCUT2D eigenvalue weighted by Crippen LogP contribution is 2.36. The monoisotopic (exact) mass is 388 g/mol. The third kappa shape index (κ3) is 2.99. The highest BCUT2D eigenvalue weighted by Gasteiger charge is 2.18. The van der Waals surface area contributed by atoms with E-state index < -0.39 is 0 Å². The molecule has 0 spiro atoms. The maximum atomic E-state index is 2.39. The highest BCUT2D eigenvalue weighted by atomic mass is 14.2. The van der Waals surface area contributed by atoms with Gasteiger partial charge in [0.25, 0.3) is 0 Å². The molecular weight excluding hydrogens is 360 g/mol. The van der Waals surface area contributed by atoms with Crippen LogP contribution in [0.3, 0.4) is 0 Å². The Labute approximate surface area is 179 Å². The van der Waals surface area contributed by atoms with Crippen LogP contribution in [-0.4, -0.2) is 0 Å². The van der Waals surface area contributed by atoms with Crippen molar-refractivity contribution in [3.63, 3.8) is 0 Å². The maximum Gasteiger partial charge on any atom is -0.00826 e. The average Bonchev–Trinajstić information content (AvgIpc) is 3.38. The maximum absolute atomic E-state index is 2.39. The summed E-state index contributed by atoms with van der Waals surface area (Å²) in [6, 6.07) is 19.8. The Morgan fingerprint density at radius 1 is 0.700 bits per heavy atom. The van der Waals surface area contributed by atoms with Gasteiger partial charge in [-0.15, -0.1) is 0 Å². The fourth-order valence-electron chi connectivity index (χ4n) is 5.09. The largest absolute Gasteiger partial charge is 0.0795 e. The van der Waals surface area contributed by atoms with E-state index in [1.165, 1.54) is 60.5 Å². The fraction of sp³-hybridized carbons (Fsp3) is 0.200. The lowest BCUT2D eigenvalue weighted by Gasteiger charge is -2.11. The van der Waals surface area contributed by atoms with Crippen molar-refractivity contribution < 1.29 is 0 Å². The van der Waals surface area contributed by atoms with Crippen LogP contribution in [-0.2, 0) is 12.8 Å². The predicted molar refractivity (Wildman–Crippen MR) is 132 cm³/mol. The Balaban J connectivity index is 0.000000130. The van der Waals surface area contributed by atoms with Gasteiger partial charge in [0, 0.05) is 0 Å². The van der Waals surface area contributed by atoms with E-state index in [9.17, 15) is 0 Å². The molecule has 0 unspecified atom stereocenters. The van der Waals surface area contributed by atoms with Crippen LogP contribution < -0.4 is 0 Å². The highest BCUT2D eigenvalue weighted by molar-refractivity contribution is 6.03. The van der Waals surface area contributed by atoms with E-state index in [1.54, 1.807) is 5.56 Å². The molecule has 0 aliphatic heterocycles. The van der Waals surface area contributed by atoms with Crippen molar-refractivity contribution in [2.45, 2.75) is 40.5 Å². The lowest BCUT2D eigenvalue weighted by molar-refractivity contribution is 1.20. The van der Waals surface area contributed by atoms with Crippen LogP contribution in [0.4, 0.5) is 0 Å².